The number of anilines is 1. The molecule has 1 aliphatic rings. The van der Waals surface area contributed by atoms with Crippen LogP contribution in [0, 0.1) is 11.6 Å². The van der Waals surface area contributed by atoms with Crippen molar-refractivity contribution in [2.75, 3.05) is 11.4 Å². The third kappa shape index (κ3) is 3.07. The number of primary amides is 1. The molecule has 0 aliphatic heterocycles. The van der Waals surface area contributed by atoms with Crippen molar-refractivity contribution >= 4 is 11.6 Å². The van der Waals surface area contributed by atoms with E-state index in [1.54, 1.807) is 0 Å². The molecule has 1 fully saturated rings. The van der Waals surface area contributed by atoms with E-state index in [1.165, 1.54) is 17.0 Å². The molecule has 2 rings (SSSR count). The van der Waals surface area contributed by atoms with Gasteiger partial charge in [0.2, 0.25) is 5.91 Å². The third-order valence-electron chi connectivity index (χ3n) is 3.69. The van der Waals surface area contributed by atoms with Gasteiger partial charge in [0.1, 0.15) is 17.3 Å². The molecule has 4 N–H and O–H groups in total. The Balaban J connectivity index is 2.39. The molecule has 1 aromatic rings. The van der Waals surface area contributed by atoms with E-state index in [9.17, 15) is 13.6 Å². The van der Waals surface area contributed by atoms with Crippen LogP contribution < -0.4 is 16.4 Å². The maximum atomic E-state index is 14.2. The largest absolute Gasteiger partial charge is 0.368 e. The van der Waals surface area contributed by atoms with Gasteiger partial charge in [-0.1, -0.05) is 12.8 Å². The van der Waals surface area contributed by atoms with Gasteiger partial charge in [-0.25, -0.2) is 8.78 Å². The number of benzene rings is 1. The number of amides is 1. The van der Waals surface area contributed by atoms with Gasteiger partial charge in [0.25, 0.3) is 0 Å². The second-order valence-electron chi connectivity index (χ2n) is 5.14. The van der Waals surface area contributed by atoms with Crippen LogP contribution in [0.15, 0.2) is 12.1 Å². The van der Waals surface area contributed by atoms with Crippen LogP contribution in [0.1, 0.15) is 31.2 Å². The Labute approximate surface area is 116 Å². The summed E-state index contributed by atoms with van der Waals surface area (Å²) < 4.78 is 28.3. The molecule has 1 amide bonds. The van der Waals surface area contributed by atoms with Gasteiger partial charge >= 0.3 is 0 Å². The van der Waals surface area contributed by atoms with E-state index < -0.39 is 17.5 Å². The van der Waals surface area contributed by atoms with E-state index in [0.717, 1.165) is 25.7 Å². The molecule has 0 unspecified atom stereocenters. The van der Waals surface area contributed by atoms with Crippen LogP contribution in [0.3, 0.4) is 0 Å². The summed E-state index contributed by atoms with van der Waals surface area (Å²) in [4.78, 5) is 12.7. The third-order valence-corrected chi connectivity index (χ3v) is 3.69. The summed E-state index contributed by atoms with van der Waals surface area (Å²) in [5.74, 6) is -1.99. The lowest BCUT2D eigenvalue weighted by Gasteiger charge is -2.30. The number of nitrogens with zero attached hydrogens (tertiary/aromatic N) is 1. The molecule has 0 heterocycles. The first-order chi connectivity index (χ1) is 9.52. The Morgan fingerprint density at radius 2 is 1.80 bits per heavy atom. The lowest BCUT2D eigenvalue weighted by atomic mass is 10.1. The topological polar surface area (TPSA) is 72.3 Å². The molecule has 0 bridgehead atoms. The summed E-state index contributed by atoms with van der Waals surface area (Å²) >= 11 is 0. The van der Waals surface area contributed by atoms with Crippen molar-refractivity contribution in [2.24, 2.45) is 11.5 Å². The van der Waals surface area contributed by atoms with Crippen LogP contribution in [0.25, 0.3) is 0 Å². The molecule has 0 spiro atoms. The molecule has 0 radical (unpaired) electrons. The number of hydrogen-bond donors (Lipinski definition) is 2. The van der Waals surface area contributed by atoms with Gasteiger partial charge in [0.15, 0.2) is 0 Å². The van der Waals surface area contributed by atoms with E-state index in [4.69, 9.17) is 11.5 Å². The van der Waals surface area contributed by atoms with E-state index in [2.05, 4.69) is 0 Å². The highest BCUT2D eigenvalue weighted by molar-refractivity contribution is 5.80. The maximum Gasteiger partial charge on any atom is 0.236 e. The van der Waals surface area contributed by atoms with Crippen molar-refractivity contribution in [3.05, 3.63) is 29.3 Å². The molecule has 1 saturated carbocycles. The van der Waals surface area contributed by atoms with Gasteiger partial charge < -0.3 is 16.4 Å². The second kappa shape index (κ2) is 6.17. The first kappa shape index (κ1) is 14.7. The van der Waals surface area contributed by atoms with Crippen LogP contribution >= 0.6 is 0 Å². The van der Waals surface area contributed by atoms with Crippen molar-refractivity contribution in [1.29, 1.82) is 0 Å². The second-order valence-corrected chi connectivity index (χ2v) is 5.14. The molecule has 110 valence electrons. The quantitative estimate of drug-likeness (QED) is 0.863. The minimum Gasteiger partial charge on any atom is -0.368 e. The Kier molecular flexibility index (Phi) is 4.54. The standard InChI is InChI=1S/C14H19F2N3O/c15-11-5-9(7-17)6-12(16)14(11)19(8-13(18)20)10-3-1-2-4-10/h5-6,10H,1-4,7-8,17H2,(H2,18,20). The predicted octanol–water partition coefficient (Wildman–Crippen LogP) is 1.66. The highest BCUT2D eigenvalue weighted by Crippen LogP contribution is 2.32. The number of nitrogens with two attached hydrogens (primary N) is 2. The summed E-state index contributed by atoms with van der Waals surface area (Å²) in [5, 5.41) is 0. The smallest absolute Gasteiger partial charge is 0.236 e. The monoisotopic (exact) mass is 283 g/mol. The Bertz CT molecular complexity index is 478. The van der Waals surface area contributed by atoms with Crippen LogP contribution in [-0.4, -0.2) is 18.5 Å². The summed E-state index contributed by atoms with van der Waals surface area (Å²) in [5.41, 5.74) is 10.8. The molecular formula is C14H19F2N3O. The lowest BCUT2D eigenvalue weighted by Crippen LogP contribution is -2.41. The number of carbonyl (C=O) groups excluding carboxylic acids is 1. The van der Waals surface area contributed by atoms with Crippen molar-refractivity contribution in [3.8, 4) is 0 Å². The summed E-state index contributed by atoms with van der Waals surface area (Å²) in [7, 11) is 0. The lowest BCUT2D eigenvalue weighted by molar-refractivity contribution is -0.116. The Morgan fingerprint density at radius 1 is 1.25 bits per heavy atom. The molecule has 1 aliphatic carbocycles. The summed E-state index contributed by atoms with van der Waals surface area (Å²) in [6.07, 6.45) is 3.60. The first-order valence-corrected chi connectivity index (χ1v) is 6.76. The Hall–Kier alpha value is -1.69. The normalized spacial score (nSPS) is 15.6. The summed E-state index contributed by atoms with van der Waals surface area (Å²) in [6, 6.07) is 2.37. The Morgan fingerprint density at radius 3 is 2.25 bits per heavy atom. The van der Waals surface area contributed by atoms with Gasteiger partial charge in [-0.2, -0.15) is 0 Å². The molecule has 4 nitrogen and oxygen atoms in total. The molecule has 20 heavy (non-hydrogen) atoms. The zero-order valence-corrected chi connectivity index (χ0v) is 11.2. The SMILES string of the molecule is NCc1cc(F)c(N(CC(N)=O)C2CCCC2)c(F)c1. The average molecular weight is 283 g/mol. The van der Waals surface area contributed by atoms with Crippen molar-refractivity contribution in [1.82, 2.24) is 0 Å². The fourth-order valence-electron chi connectivity index (χ4n) is 2.78. The predicted molar refractivity (Wildman–Crippen MR) is 73.0 cm³/mol. The van der Waals surface area contributed by atoms with Crippen LogP contribution in [0.4, 0.5) is 14.5 Å². The van der Waals surface area contributed by atoms with Crippen molar-refractivity contribution < 1.29 is 13.6 Å². The number of hydrogen-bond acceptors (Lipinski definition) is 3. The van der Waals surface area contributed by atoms with E-state index >= 15 is 0 Å². The zero-order valence-electron chi connectivity index (χ0n) is 11.2. The number of rotatable bonds is 5. The van der Waals surface area contributed by atoms with E-state index in [-0.39, 0.29) is 24.8 Å². The minimum absolute atomic E-state index is 0.0461. The van der Waals surface area contributed by atoms with Crippen molar-refractivity contribution in [3.63, 3.8) is 0 Å². The highest BCUT2D eigenvalue weighted by Gasteiger charge is 2.28. The van der Waals surface area contributed by atoms with Gasteiger partial charge in [0.05, 0.1) is 6.54 Å². The van der Waals surface area contributed by atoms with Gasteiger partial charge in [-0.3, -0.25) is 4.79 Å². The maximum absolute atomic E-state index is 14.2. The zero-order chi connectivity index (χ0) is 14.7. The van der Waals surface area contributed by atoms with Gasteiger partial charge in [-0.05, 0) is 30.5 Å². The summed E-state index contributed by atoms with van der Waals surface area (Å²) in [6.45, 7) is -0.117. The fourth-order valence-corrected chi connectivity index (χ4v) is 2.78. The molecule has 0 atom stereocenters. The molecular weight excluding hydrogens is 264 g/mol. The van der Waals surface area contributed by atoms with Crippen LogP contribution in [0.2, 0.25) is 0 Å². The first-order valence-electron chi connectivity index (χ1n) is 6.76. The van der Waals surface area contributed by atoms with Crippen LogP contribution in [-0.2, 0) is 11.3 Å². The van der Waals surface area contributed by atoms with Crippen LogP contribution in [0.5, 0.6) is 0 Å². The molecule has 6 heteroatoms. The highest BCUT2D eigenvalue weighted by atomic mass is 19.1. The van der Waals surface area contributed by atoms with E-state index in [1.807, 2.05) is 0 Å². The minimum atomic E-state index is -0.696. The van der Waals surface area contributed by atoms with Gasteiger partial charge in [-0.15, -0.1) is 0 Å². The van der Waals surface area contributed by atoms with E-state index in [0.29, 0.717) is 5.56 Å². The number of carbonyl (C=O) groups is 1. The average Bonchev–Trinajstić information content (AvgIpc) is 2.89. The molecule has 0 aromatic heterocycles. The molecule has 1 aromatic carbocycles. The van der Waals surface area contributed by atoms with Gasteiger partial charge in [0, 0.05) is 12.6 Å². The van der Waals surface area contributed by atoms with Crippen molar-refractivity contribution in [2.45, 2.75) is 38.3 Å². The fraction of sp³-hybridized carbons (Fsp3) is 0.500. The number of halogens is 2. The molecule has 0 saturated heterocycles.